The quantitative estimate of drug-likeness (QED) is 0.708. The topological polar surface area (TPSA) is 37.3 Å². The highest BCUT2D eigenvalue weighted by Crippen LogP contribution is 2.45. The van der Waals surface area contributed by atoms with E-state index in [9.17, 15) is 9.90 Å². The summed E-state index contributed by atoms with van der Waals surface area (Å²) < 4.78 is 0. The Bertz CT molecular complexity index is 392. The second kappa shape index (κ2) is 4.41. The Hall–Kier alpha value is -0.890. The number of carbonyl (C=O) groups is 1. The first-order valence-corrected chi connectivity index (χ1v) is 6.50. The maximum Gasteiger partial charge on any atom is 0.159 e. The fraction of sp³-hybridized carbons (Fsp3) is 0.667. The van der Waals surface area contributed by atoms with Crippen molar-refractivity contribution in [2.45, 2.75) is 46.1 Å². The van der Waals surface area contributed by atoms with Crippen LogP contribution in [0.3, 0.4) is 0 Å². The number of Topliss-reactive ketones (excluding diaryl/α,β-unsaturated/α-hetero) is 1. The van der Waals surface area contributed by atoms with Crippen molar-refractivity contribution < 1.29 is 9.90 Å². The van der Waals surface area contributed by atoms with Gasteiger partial charge in [0.25, 0.3) is 0 Å². The number of aliphatic hydroxyl groups excluding tert-OH is 1. The Labute approximate surface area is 103 Å². The Balaban J connectivity index is 2.42. The molecule has 17 heavy (non-hydrogen) atoms. The van der Waals surface area contributed by atoms with Crippen molar-refractivity contribution >= 4 is 5.78 Å². The maximum atomic E-state index is 11.8. The number of rotatable bonds is 1. The molecule has 0 bridgehead atoms. The Morgan fingerprint density at radius 1 is 1.41 bits per heavy atom. The molecular weight excluding hydrogens is 212 g/mol. The van der Waals surface area contributed by atoms with Gasteiger partial charge in [-0.3, -0.25) is 4.79 Å². The lowest BCUT2D eigenvalue weighted by Gasteiger charge is -2.24. The molecule has 0 spiro atoms. The zero-order valence-electron chi connectivity index (χ0n) is 11.0. The van der Waals surface area contributed by atoms with Crippen LogP contribution in [-0.2, 0) is 4.79 Å². The number of fused-ring (bicyclic) bond motifs is 1. The van der Waals surface area contributed by atoms with E-state index in [0.29, 0.717) is 12.3 Å². The van der Waals surface area contributed by atoms with Crippen LogP contribution in [0.25, 0.3) is 0 Å². The lowest BCUT2D eigenvalue weighted by molar-refractivity contribution is -0.115. The standard InChI is InChI=1S/C15H22O2/c1-8(2)11-6-5-9(3)12-7-13(16)10(4)14(12)15(11)17/h9,11-12,15,17H,1,5-7H2,2-4H3/t9-,11-,12+,15+/m0/s1. The first-order chi connectivity index (χ1) is 7.93. The van der Waals surface area contributed by atoms with Gasteiger partial charge in [-0.1, -0.05) is 19.1 Å². The Kier molecular flexibility index (Phi) is 3.26. The minimum atomic E-state index is -0.492. The van der Waals surface area contributed by atoms with E-state index in [2.05, 4.69) is 13.5 Å². The number of aliphatic hydroxyl groups is 1. The van der Waals surface area contributed by atoms with Gasteiger partial charge in [-0.15, -0.1) is 0 Å². The molecule has 4 atom stereocenters. The van der Waals surface area contributed by atoms with Crippen LogP contribution in [0.15, 0.2) is 23.3 Å². The highest BCUT2D eigenvalue weighted by atomic mass is 16.3. The van der Waals surface area contributed by atoms with E-state index in [0.717, 1.165) is 29.6 Å². The molecule has 1 saturated carbocycles. The first-order valence-electron chi connectivity index (χ1n) is 6.50. The molecule has 0 aromatic heterocycles. The molecule has 94 valence electrons. The predicted molar refractivity (Wildman–Crippen MR) is 68.5 cm³/mol. The van der Waals surface area contributed by atoms with Crippen molar-refractivity contribution in [1.29, 1.82) is 0 Å². The van der Waals surface area contributed by atoms with Crippen molar-refractivity contribution in [3.63, 3.8) is 0 Å². The van der Waals surface area contributed by atoms with Crippen molar-refractivity contribution in [3.8, 4) is 0 Å². The summed E-state index contributed by atoms with van der Waals surface area (Å²) in [7, 11) is 0. The smallest absolute Gasteiger partial charge is 0.159 e. The van der Waals surface area contributed by atoms with Crippen LogP contribution in [-0.4, -0.2) is 17.0 Å². The average Bonchev–Trinajstić information content (AvgIpc) is 2.48. The molecule has 0 aromatic carbocycles. The van der Waals surface area contributed by atoms with Crippen LogP contribution >= 0.6 is 0 Å². The van der Waals surface area contributed by atoms with Gasteiger partial charge < -0.3 is 5.11 Å². The highest BCUT2D eigenvalue weighted by Gasteiger charge is 2.41. The van der Waals surface area contributed by atoms with E-state index in [1.54, 1.807) is 0 Å². The van der Waals surface area contributed by atoms with Gasteiger partial charge in [0.15, 0.2) is 5.78 Å². The van der Waals surface area contributed by atoms with Crippen LogP contribution in [0.1, 0.15) is 40.0 Å². The molecular formula is C15H22O2. The van der Waals surface area contributed by atoms with Gasteiger partial charge in [0, 0.05) is 12.3 Å². The van der Waals surface area contributed by atoms with Crippen molar-refractivity contribution in [3.05, 3.63) is 23.3 Å². The molecule has 0 aliphatic heterocycles. The summed E-state index contributed by atoms with van der Waals surface area (Å²) in [6.07, 6.45) is 2.17. The molecule has 0 amide bonds. The summed E-state index contributed by atoms with van der Waals surface area (Å²) in [5, 5.41) is 10.5. The second-order valence-corrected chi connectivity index (χ2v) is 5.77. The SMILES string of the molecule is C=C(C)[C@@H]1CC[C@H](C)[C@H]2CC(=O)C(C)=C2[C@@H]1O. The fourth-order valence-electron chi connectivity index (χ4n) is 3.38. The molecule has 2 nitrogen and oxygen atoms in total. The predicted octanol–water partition coefficient (Wildman–Crippen LogP) is 2.88. The summed E-state index contributed by atoms with van der Waals surface area (Å²) >= 11 is 0. The summed E-state index contributed by atoms with van der Waals surface area (Å²) in [4.78, 5) is 11.8. The van der Waals surface area contributed by atoms with E-state index in [4.69, 9.17) is 0 Å². The van der Waals surface area contributed by atoms with Crippen LogP contribution in [0.5, 0.6) is 0 Å². The van der Waals surface area contributed by atoms with Gasteiger partial charge in [0.1, 0.15) is 0 Å². The van der Waals surface area contributed by atoms with Gasteiger partial charge in [-0.25, -0.2) is 0 Å². The summed E-state index contributed by atoms with van der Waals surface area (Å²) in [6, 6.07) is 0. The summed E-state index contributed by atoms with van der Waals surface area (Å²) in [6.45, 7) is 10.0. The molecule has 1 N–H and O–H groups in total. The van der Waals surface area contributed by atoms with Crippen molar-refractivity contribution in [2.75, 3.05) is 0 Å². The molecule has 0 unspecified atom stereocenters. The minimum Gasteiger partial charge on any atom is -0.388 e. The van der Waals surface area contributed by atoms with Gasteiger partial charge >= 0.3 is 0 Å². The molecule has 2 rings (SSSR count). The molecule has 0 aromatic rings. The molecule has 2 aliphatic rings. The van der Waals surface area contributed by atoms with Gasteiger partial charge in [-0.2, -0.15) is 0 Å². The number of hydrogen-bond acceptors (Lipinski definition) is 2. The third kappa shape index (κ3) is 1.99. The second-order valence-electron chi connectivity index (χ2n) is 5.77. The number of ketones is 1. The Morgan fingerprint density at radius 2 is 2.06 bits per heavy atom. The molecule has 0 saturated heterocycles. The normalized spacial score (nSPS) is 38.0. The lowest BCUT2D eigenvalue weighted by atomic mass is 9.84. The van der Waals surface area contributed by atoms with E-state index < -0.39 is 6.10 Å². The van der Waals surface area contributed by atoms with Crippen molar-refractivity contribution in [1.82, 2.24) is 0 Å². The summed E-state index contributed by atoms with van der Waals surface area (Å²) in [5.74, 6) is 1.10. The number of carbonyl (C=O) groups excluding carboxylic acids is 1. The first kappa shape index (κ1) is 12.6. The number of hydrogen-bond donors (Lipinski definition) is 1. The van der Waals surface area contributed by atoms with E-state index in [1.807, 2.05) is 13.8 Å². The molecule has 1 fully saturated rings. The molecule has 2 heteroatoms. The number of allylic oxidation sites excluding steroid dienone is 1. The van der Waals surface area contributed by atoms with Gasteiger partial charge in [0.05, 0.1) is 6.10 Å². The maximum absolute atomic E-state index is 11.8. The average molecular weight is 234 g/mol. The van der Waals surface area contributed by atoms with Crippen LogP contribution in [0.4, 0.5) is 0 Å². The van der Waals surface area contributed by atoms with E-state index in [-0.39, 0.29) is 17.6 Å². The Morgan fingerprint density at radius 3 is 2.65 bits per heavy atom. The third-order valence-corrected chi connectivity index (χ3v) is 4.61. The molecule has 2 aliphatic carbocycles. The largest absolute Gasteiger partial charge is 0.388 e. The third-order valence-electron chi connectivity index (χ3n) is 4.61. The molecule has 0 radical (unpaired) electrons. The van der Waals surface area contributed by atoms with Crippen LogP contribution in [0.2, 0.25) is 0 Å². The summed E-state index contributed by atoms with van der Waals surface area (Å²) in [5.41, 5.74) is 2.85. The van der Waals surface area contributed by atoms with Gasteiger partial charge in [0.2, 0.25) is 0 Å². The van der Waals surface area contributed by atoms with Gasteiger partial charge in [-0.05, 0) is 49.7 Å². The fourth-order valence-corrected chi connectivity index (χ4v) is 3.38. The zero-order valence-corrected chi connectivity index (χ0v) is 11.0. The highest BCUT2D eigenvalue weighted by molar-refractivity contribution is 5.98. The monoisotopic (exact) mass is 234 g/mol. The molecule has 0 heterocycles. The van der Waals surface area contributed by atoms with E-state index in [1.165, 1.54) is 0 Å². The van der Waals surface area contributed by atoms with Crippen molar-refractivity contribution in [2.24, 2.45) is 17.8 Å². The van der Waals surface area contributed by atoms with E-state index >= 15 is 0 Å². The van der Waals surface area contributed by atoms with Crippen LogP contribution in [0, 0.1) is 17.8 Å². The minimum absolute atomic E-state index is 0.123. The lowest BCUT2D eigenvalue weighted by Crippen LogP contribution is -2.24. The zero-order chi connectivity index (χ0) is 12.7. The van der Waals surface area contributed by atoms with Crippen LogP contribution < -0.4 is 0 Å².